The number of carbonyl (C=O) groups excluding carboxylic acids is 3. The molecule has 1 saturated heterocycles. The Kier molecular flexibility index (Phi) is 13.0. The van der Waals surface area contributed by atoms with Gasteiger partial charge < -0.3 is 19.7 Å². The van der Waals surface area contributed by atoms with Crippen LogP contribution in [0.5, 0.6) is 0 Å². The van der Waals surface area contributed by atoms with Crippen molar-refractivity contribution in [2.24, 2.45) is 22.7 Å². The van der Waals surface area contributed by atoms with E-state index in [1.54, 1.807) is 11.9 Å². The maximum Gasteiger partial charge on any atom is 0.419 e. The van der Waals surface area contributed by atoms with Crippen LogP contribution < -0.4 is 5.32 Å². The van der Waals surface area contributed by atoms with Crippen molar-refractivity contribution in [2.45, 2.75) is 97.1 Å². The van der Waals surface area contributed by atoms with Crippen LogP contribution in [0.3, 0.4) is 0 Å². The summed E-state index contributed by atoms with van der Waals surface area (Å²) < 4.78 is 49.7. The topological polar surface area (TPSA) is 123 Å². The molecule has 1 N–H and O–H groups in total. The fraction of sp³-hybridized carbons (Fsp3) is 0.733. The second-order valence-electron chi connectivity index (χ2n) is 12.1. The molecule has 1 aromatic heterocycles. The van der Waals surface area contributed by atoms with Gasteiger partial charge in [-0.05, 0) is 18.3 Å². The third-order valence-corrected chi connectivity index (χ3v) is 9.18. The van der Waals surface area contributed by atoms with E-state index in [1.807, 2.05) is 27.7 Å². The number of amides is 2. The Morgan fingerprint density at radius 3 is 2.34 bits per heavy atom. The van der Waals surface area contributed by atoms with Gasteiger partial charge in [-0.2, -0.15) is 13.2 Å². The summed E-state index contributed by atoms with van der Waals surface area (Å²) in [6, 6.07) is -1.38. The molecule has 2 amide bonds. The minimum Gasteiger partial charge on any atom is -0.455 e. The minimum absolute atomic E-state index is 0.00113. The van der Waals surface area contributed by atoms with E-state index < -0.39 is 35.9 Å². The van der Waals surface area contributed by atoms with Gasteiger partial charge in [-0.25, -0.2) is 9.97 Å². The molecule has 10 nitrogen and oxygen atoms in total. The number of halogens is 3. The zero-order chi connectivity index (χ0) is 32.6. The first-order valence-corrected chi connectivity index (χ1v) is 16.1. The molecular weight excluding hydrogens is 599 g/mol. The van der Waals surface area contributed by atoms with Gasteiger partial charge in [0.2, 0.25) is 11.8 Å². The summed E-state index contributed by atoms with van der Waals surface area (Å²) in [5.74, 6) is 0.254. The Balaban J connectivity index is 1.71. The first-order valence-electron chi connectivity index (χ1n) is 15.1. The Morgan fingerprint density at radius 1 is 1.16 bits per heavy atom. The van der Waals surface area contributed by atoms with E-state index in [0.717, 1.165) is 18.8 Å². The average Bonchev–Trinajstić information content (AvgIpc) is 3.42. The third-order valence-electron chi connectivity index (χ3n) is 8.04. The van der Waals surface area contributed by atoms with Crippen molar-refractivity contribution in [3.63, 3.8) is 0 Å². The molecule has 0 aromatic carbocycles. The number of esters is 1. The number of alkyl halides is 3. The van der Waals surface area contributed by atoms with E-state index in [2.05, 4.69) is 20.3 Å². The molecule has 5 atom stereocenters. The summed E-state index contributed by atoms with van der Waals surface area (Å²) in [6.45, 7) is 10.5. The standard InChI is InChI=1S/C30H44F3N5O5S/c1-7-18(4)8-22(10-26-34-12-21(13-35-26)30(31,32)33)36-28(41)23-16-44-29(37-23)25(43-19(5)39)11-24(17(2)3)38(6)27(40)9-20-14-42-15-20/h12-13,17-18,20,22-25H,7-11,14-16H2,1-6H3,(H,36,41)/t18-,22-,23?,24?,25-/m1/s1. The van der Waals surface area contributed by atoms with Gasteiger partial charge in [-0.15, -0.1) is 11.8 Å². The number of nitrogens with zero attached hydrogens (tertiary/aromatic N) is 4. The van der Waals surface area contributed by atoms with Gasteiger partial charge in [0.15, 0.2) is 6.10 Å². The fourth-order valence-corrected chi connectivity index (χ4v) is 6.23. The van der Waals surface area contributed by atoms with Crippen molar-refractivity contribution in [3.05, 3.63) is 23.8 Å². The summed E-state index contributed by atoms with van der Waals surface area (Å²) in [6.07, 6.45) is -1.41. The van der Waals surface area contributed by atoms with E-state index in [0.29, 0.717) is 43.3 Å². The molecule has 0 bridgehead atoms. The fourth-order valence-electron chi connectivity index (χ4n) is 5.15. The molecule has 2 aliphatic heterocycles. The van der Waals surface area contributed by atoms with Crippen molar-refractivity contribution >= 4 is 34.6 Å². The van der Waals surface area contributed by atoms with E-state index >= 15 is 0 Å². The van der Waals surface area contributed by atoms with Crippen molar-refractivity contribution < 1.29 is 37.0 Å². The Labute approximate surface area is 261 Å². The van der Waals surface area contributed by atoms with E-state index in [-0.39, 0.29) is 47.9 Å². The molecular formula is C30H44F3N5O5S. The number of aliphatic imine (C=N–C) groups is 1. The average molecular weight is 644 g/mol. The molecule has 1 fully saturated rings. The number of aromatic nitrogens is 2. The number of rotatable bonds is 15. The van der Waals surface area contributed by atoms with Crippen LogP contribution in [0.4, 0.5) is 13.2 Å². The number of thioether (sulfide) groups is 1. The second-order valence-corrected chi connectivity index (χ2v) is 13.1. The molecule has 3 rings (SSSR count). The van der Waals surface area contributed by atoms with Crippen LogP contribution in [0.25, 0.3) is 0 Å². The Morgan fingerprint density at radius 2 is 1.82 bits per heavy atom. The highest BCUT2D eigenvalue weighted by atomic mass is 32.2. The van der Waals surface area contributed by atoms with Crippen LogP contribution in [-0.4, -0.2) is 87.9 Å². The lowest BCUT2D eigenvalue weighted by molar-refractivity contribution is -0.145. The first kappa shape index (κ1) is 35.7. The number of ether oxygens (including phenoxy) is 2. The van der Waals surface area contributed by atoms with Gasteiger partial charge >= 0.3 is 12.1 Å². The Hall–Kier alpha value is -2.74. The molecule has 246 valence electrons. The van der Waals surface area contributed by atoms with E-state index in [1.165, 1.54) is 18.7 Å². The monoisotopic (exact) mass is 643 g/mol. The Bertz CT molecular complexity index is 1160. The minimum atomic E-state index is -4.53. The zero-order valence-electron chi connectivity index (χ0n) is 26.2. The van der Waals surface area contributed by atoms with Gasteiger partial charge in [0.25, 0.3) is 0 Å². The van der Waals surface area contributed by atoms with Crippen LogP contribution in [0.2, 0.25) is 0 Å². The number of hydrogen-bond donors (Lipinski definition) is 1. The summed E-state index contributed by atoms with van der Waals surface area (Å²) in [5.41, 5.74) is -0.931. The van der Waals surface area contributed by atoms with Gasteiger partial charge in [0.1, 0.15) is 16.9 Å². The first-order chi connectivity index (χ1) is 20.7. The van der Waals surface area contributed by atoms with Crippen molar-refractivity contribution in [1.82, 2.24) is 20.2 Å². The molecule has 2 aliphatic rings. The highest BCUT2D eigenvalue weighted by molar-refractivity contribution is 8.14. The lowest BCUT2D eigenvalue weighted by atomic mass is 9.95. The normalized spacial score (nSPS) is 19.9. The molecule has 44 heavy (non-hydrogen) atoms. The predicted octanol–water partition coefficient (Wildman–Crippen LogP) is 4.31. The maximum atomic E-state index is 13.4. The second kappa shape index (κ2) is 16.0. The number of carbonyl (C=O) groups is 3. The molecule has 2 unspecified atom stereocenters. The third kappa shape index (κ3) is 10.4. The van der Waals surface area contributed by atoms with Crippen molar-refractivity contribution in [1.29, 1.82) is 0 Å². The van der Waals surface area contributed by atoms with Crippen molar-refractivity contribution in [3.8, 4) is 0 Å². The van der Waals surface area contributed by atoms with Crippen LogP contribution in [-0.2, 0) is 36.5 Å². The van der Waals surface area contributed by atoms with Crippen molar-refractivity contribution in [2.75, 3.05) is 26.0 Å². The SMILES string of the molecule is CC[C@@H](C)C[C@H](Cc1ncc(C(F)(F)F)cn1)NC(=O)C1CSC([C@@H](CC(C(C)C)N(C)C(=O)CC2COC2)OC(C)=O)=N1. The highest BCUT2D eigenvalue weighted by Gasteiger charge is 2.36. The predicted molar refractivity (Wildman–Crippen MR) is 161 cm³/mol. The van der Waals surface area contributed by atoms with E-state index in [9.17, 15) is 27.6 Å². The van der Waals surface area contributed by atoms with Gasteiger partial charge in [0.05, 0.1) is 18.8 Å². The van der Waals surface area contributed by atoms with Crippen LogP contribution in [0.15, 0.2) is 17.4 Å². The van der Waals surface area contributed by atoms with Crippen LogP contribution in [0.1, 0.15) is 71.7 Å². The molecule has 0 aliphatic carbocycles. The lowest BCUT2D eigenvalue weighted by Gasteiger charge is -2.35. The lowest BCUT2D eigenvalue weighted by Crippen LogP contribution is -2.45. The quantitative estimate of drug-likeness (QED) is 0.281. The summed E-state index contributed by atoms with van der Waals surface area (Å²) in [4.78, 5) is 52.5. The largest absolute Gasteiger partial charge is 0.455 e. The summed E-state index contributed by atoms with van der Waals surface area (Å²) in [7, 11) is 1.76. The molecule has 0 saturated carbocycles. The molecule has 0 spiro atoms. The summed E-state index contributed by atoms with van der Waals surface area (Å²) >= 11 is 1.34. The smallest absolute Gasteiger partial charge is 0.419 e. The van der Waals surface area contributed by atoms with E-state index in [4.69, 9.17) is 9.47 Å². The highest BCUT2D eigenvalue weighted by Crippen LogP contribution is 2.29. The molecule has 14 heteroatoms. The number of hydrogen-bond acceptors (Lipinski definition) is 9. The van der Waals surface area contributed by atoms with Crippen LogP contribution in [0, 0.1) is 17.8 Å². The number of nitrogens with one attached hydrogen (secondary N) is 1. The maximum absolute atomic E-state index is 13.4. The molecule has 0 radical (unpaired) electrons. The van der Waals surface area contributed by atoms with Gasteiger partial charge in [-0.1, -0.05) is 34.1 Å². The zero-order valence-corrected chi connectivity index (χ0v) is 27.0. The summed E-state index contributed by atoms with van der Waals surface area (Å²) in [5, 5.41) is 3.52. The van der Waals surface area contributed by atoms with Gasteiger partial charge in [-0.3, -0.25) is 19.4 Å². The van der Waals surface area contributed by atoms with Crippen LogP contribution >= 0.6 is 11.8 Å². The molecule has 1 aromatic rings. The van der Waals surface area contributed by atoms with Gasteiger partial charge in [0, 0.05) is 69.4 Å². The molecule has 3 heterocycles.